The molecule has 1 aliphatic rings. The summed E-state index contributed by atoms with van der Waals surface area (Å²) in [6, 6.07) is 4.75. The van der Waals surface area contributed by atoms with E-state index in [0.29, 0.717) is 17.7 Å². The van der Waals surface area contributed by atoms with E-state index in [9.17, 15) is 5.11 Å². The molecule has 1 atom stereocenters. The first-order chi connectivity index (χ1) is 9.49. The van der Waals surface area contributed by atoms with Gasteiger partial charge >= 0.3 is 0 Å². The molecular weight excluding hydrogens is 478 g/mol. The van der Waals surface area contributed by atoms with Gasteiger partial charge in [0, 0.05) is 32.2 Å². The number of rotatable bonds is 4. The first kappa shape index (κ1) is 16.8. The molecule has 5 heteroatoms. The Bertz CT molecular complexity index is 436. The fourth-order valence-electron chi connectivity index (χ4n) is 2.71. The number of aromatic hydroxyl groups is 1. The molecule has 1 saturated heterocycles. The zero-order valence-corrected chi connectivity index (χ0v) is 16.3. The van der Waals surface area contributed by atoms with Crippen molar-refractivity contribution in [3.8, 4) is 5.75 Å². The van der Waals surface area contributed by atoms with Crippen molar-refractivity contribution in [1.82, 2.24) is 10.2 Å². The number of hydrogen-bond acceptors (Lipinski definition) is 3. The van der Waals surface area contributed by atoms with Crippen LogP contribution in [0.2, 0.25) is 0 Å². The molecule has 0 unspecified atom stereocenters. The molecule has 1 aromatic rings. The van der Waals surface area contributed by atoms with E-state index in [2.05, 4.69) is 81.4 Å². The van der Waals surface area contributed by atoms with Crippen LogP contribution in [0.1, 0.15) is 31.9 Å². The lowest BCUT2D eigenvalue weighted by atomic mass is 9.95. The van der Waals surface area contributed by atoms with Crippen molar-refractivity contribution in [2.45, 2.75) is 26.3 Å². The molecule has 1 aromatic carbocycles. The molecule has 20 heavy (non-hydrogen) atoms. The second-order valence-corrected chi connectivity index (χ2v) is 8.09. The van der Waals surface area contributed by atoms with Gasteiger partial charge in [-0.05, 0) is 75.2 Å². The van der Waals surface area contributed by atoms with Crippen LogP contribution in [0, 0.1) is 13.1 Å². The lowest BCUT2D eigenvalue weighted by Gasteiger charge is -2.36. The third-order valence-corrected chi connectivity index (χ3v) is 5.36. The minimum absolute atomic E-state index is 0.415. The standard InChI is InChI=1S/C15H22I2N2O/c1-10(2)7-14(19-5-3-18-4-6-19)11-8-12(16)15(20)13(17)9-11/h8-10,14,18,20H,3-7H2,1-2H3/t14-/m1/s1. The zero-order valence-electron chi connectivity index (χ0n) is 12.0. The second-order valence-electron chi connectivity index (χ2n) is 5.76. The number of phenolic OH excluding ortho intramolecular Hbond substituents is 1. The van der Waals surface area contributed by atoms with Crippen molar-refractivity contribution < 1.29 is 5.11 Å². The minimum atomic E-state index is 0.415. The maximum atomic E-state index is 9.97. The number of benzene rings is 1. The predicted octanol–water partition coefficient (Wildman–Crippen LogP) is 3.59. The van der Waals surface area contributed by atoms with Crippen molar-refractivity contribution in [2.24, 2.45) is 5.92 Å². The van der Waals surface area contributed by atoms with Crippen LogP contribution in [0.25, 0.3) is 0 Å². The van der Waals surface area contributed by atoms with Gasteiger partial charge in [-0.15, -0.1) is 0 Å². The third kappa shape index (κ3) is 4.20. The quantitative estimate of drug-likeness (QED) is 0.621. The van der Waals surface area contributed by atoms with E-state index in [4.69, 9.17) is 0 Å². The third-order valence-electron chi connectivity index (χ3n) is 3.71. The van der Waals surface area contributed by atoms with Crippen LogP contribution in [-0.2, 0) is 0 Å². The van der Waals surface area contributed by atoms with Crippen LogP contribution in [-0.4, -0.2) is 36.2 Å². The average molecular weight is 500 g/mol. The largest absolute Gasteiger partial charge is 0.506 e. The van der Waals surface area contributed by atoms with Gasteiger partial charge in [0.2, 0.25) is 0 Å². The summed E-state index contributed by atoms with van der Waals surface area (Å²) in [5, 5.41) is 13.4. The lowest BCUT2D eigenvalue weighted by Crippen LogP contribution is -2.45. The second kappa shape index (κ2) is 7.60. The minimum Gasteiger partial charge on any atom is -0.506 e. The Kier molecular flexibility index (Phi) is 6.37. The van der Waals surface area contributed by atoms with Crippen LogP contribution < -0.4 is 5.32 Å². The summed E-state index contributed by atoms with van der Waals surface area (Å²) >= 11 is 4.46. The Balaban J connectivity index is 2.30. The zero-order chi connectivity index (χ0) is 14.7. The Morgan fingerprint density at radius 3 is 2.25 bits per heavy atom. The number of hydrogen-bond donors (Lipinski definition) is 2. The molecule has 1 aliphatic heterocycles. The van der Waals surface area contributed by atoms with Crippen LogP contribution in [0.4, 0.5) is 0 Å². The van der Waals surface area contributed by atoms with Crippen molar-refractivity contribution in [3.63, 3.8) is 0 Å². The topological polar surface area (TPSA) is 35.5 Å². The van der Waals surface area contributed by atoms with E-state index in [0.717, 1.165) is 39.7 Å². The molecule has 2 rings (SSSR count). The van der Waals surface area contributed by atoms with Gasteiger partial charge in [-0.1, -0.05) is 13.8 Å². The highest BCUT2D eigenvalue weighted by Crippen LogP contribution is 2.34. The molecule has 2 N–H and O–H groups in total. The van der Waals surface area contributed by atoms with Gasteiger partial charge in [-0.3, -0.25) is 4.90 Å². The predicted molar refractivity (Wildman–Crippen MR) is 100 cm³/mol. The highest BCUT2D eigenvalue weighted by Gasteiger charge is 2.24. The number of nitrogens with one attached hydrogen (secondary N) is 1. The molecule has 1 fully saturated rings. The molecule has 0 amide bonds. The first-order valence-electron chi connectivity index (χ1n) is 7.11. The van der Waals surface area contributed by atoms with Crippen LogP contribution >= 0.6 is 45.2 Å². The number of nitrogens with zero attached hydrogens (tertiary/aromatic N) is 1. The Morgan fingerprint density at radius 2 is 1.75 bits per heavy atom. The van der Waals surface area contributed by atoms with Crippen LogP contribution in [0.5, 0.6) is 5.75 Å². The van der Waals surface area contributed by atoms with E-state index < -0.39 is 0 Å². The van der Waals surface area contributed by atoms with Gasteiger partial charge in [0.25, 0.3) is 0 Å². The van der Waals surface area contributed by atoms with Gasteiger partial charge in [-0.2, -0.15) is 0 Å². The average Bonchev–Trinajstić information content (AvgIpc) is 2.42. The molecule has 3 nitrogen and oxygen atoms in total. The Morgan fingerprint density at radius 1 is 1.20 bits per heavy atom. The summed E-state index contributed by atoms with van der Waals surface area (Å²) in [7, 11) is 0. The van der Waals surface area contributed by atoms with Gasteiger partial charge in [0.1, 0.15) is 5.75 Å². The fraction of sp³-hybridized carbons (Fsp3) is 0.600. The maximum Gasteiger partial charge on any atom is 0.142 e. The van der Waals surface area contributed by atoms with Crippen molar-refractivity contribution in [2.75, 3.05) is 26.2 Å². The Labute approximate surface area is 148 Å². The number of halogens is 2. The summed E-state index contributed by atoms with van der Waals surface area (Å²) in [6.07, 6.45) is 1.16. The molecule has 0 bridgehead atoms. The van der Waals surface area contributed by atoms with Gasteiger partial charge in [-0.25, -0.2) is 0 Å². The maximum absolute atomic E-state index is 9.97. The van der Waals surface area contributed by atoms with E-state index in [1.807, 2.05) is 0 Å². The summed E-state index contributed by atoms with van der Waals surface area (Å²) in [6.45, 7) is 8.91. The number of phenols is 1. The molecule has 0 spiro atoms. The van der Waals surface area contributed by atoms with Crippen LogP contribution in [0.3, 0.4) is 0 Å². The highest BCUT2D eigenvalue weighted by atomic mass is 127. The monoisotopic (exact) mass is 500 g/mol. The smallest absolute Gasteiger partial charge is 0.142 e. The molecule has 1 heterocycles. The van der Waals surface area contributed by atoms with E-state index >= 15 is 0 Å². The SMILES string of the molecule is CC(C)C[C@H](c1cc(I)c(O)c(I)c1)N1CCNCC1. The van der Waals surface area contributed by atoms with Crippen LogP contribution in [0.15, 0.2) is 12.1 Å². The highest BCUT2D eigenvalue weighted by molar-refractivity contribution is 14.1. The molecule has 0 aliphatic carbocycles. The molecule has 0 saturated carbocycles. The van der Waals surface area contributed by atoms with Gasteiger partial charge < -0.3 is 10.4 Å². The summed E-state index contributed by atoms with van der Waals surface area (Å²) in [5.74, 6) is 1.08. The van der Waals surface area contributed by atoms with Crippen molar-refractivity contribution in [3.05, 3.63) is 24.8 Å². The summed E-state index contributed by atoms with van der Waals surface area (Å²) < 4.78 is 1.90. The molecular formula is C15H22I2N2O. The lowest BCUT2D eigenvalue weighted by molar-refractivity contribution is 0.154. The first-order valence-corrected chi connectivity index (χ1v) is 9.27. The van der Waals surface area contributed by atoms with Crippen molar-refractivity contribution >= 4 is 45.2 Å². The molecule has 0 aromatic heterocycles. The van der Waals surface area contributed by atoms with Gasteiger partial charge in [0.05, 0.1) is 7.14 Å². The van der Waals surface area contributed by atoms with E-state index in [1.165, 1.54) is 5.56 Å². The Hall–Kier alpha value is 0.400. The van der Waals surface area contributed by atoms with E-state index in [-0.39, 0.29) is 0 Å². The molecule has 112 valence electrons. The number of piperazine rings is 1. The summed E-state index contributed by atoms with van der Waals surface area (Å²) in [5.41, 5.74) is 1.34. The van der Waals surface area contributed by atoms with Crippen molar-refractivity contribution in [1.29, 1.82) is 0 Å². The molecule has 0 radical (unpaired) electrons. The summed E-state index contributed by atoms with van der Waals surface area (Å²) in [4.78, 5) is 2.58. The van der Waals surface area contributed by atoms with Gasteiger partial charge in [0.15, 0.2) is 0 Å². The normalized spacial score (nSPS) is 18.4. The van der Waals surface area contributed by atoms with E-state index in [1.54, 1.807) is 0 Å². The fourth-order valence-corrected chi connectivity index (χ4v) is 4.53.